The zero-order valence-corrected chi connectivity index (χ0v) is 29.4. The first-order chi connectivity index (χ1) is 20.0. The van der Waals surface area contributed by atoms with Crippen LogP contribution < -0.4 is 27.4 Å². The summed E-state index contributed by atoms with van der Waals surface area (Å²) in [5, 5.41) is 9.84. The Labute approximate surface area is 266 Å². The van der Waals surface area contributed by atoms with Crippen LogP contribution in [-0.2, 0) is 23.9 Å². The number of hydroxylamine groups is 2. The van der Waals surface area contributed by atoms with Crippen LogP contribution in [0.25, 0.3) is 0 Å². The van der Waals surface area contributed by atoms with Gasteiger partial charge in [-0.1, -0.05) is 0 Å². The number of hydrogen-bond acceptors (Lipinski definition) is 9. The zero-order valence-electron chi connectivity index (χ0n) is 29.4. The number of nitrogens with one attached hydrogen (secondary N) is 3. The van der Waals surface area contributed by atoms with E-state index in [0.717, 1.165) is 19.3 Å². The Balaban J connectivity index is 0. The minimum Gasteiger partial charge on any atom is -0.375 e. The minimum absolute atomic E-state index is 0.0345. The van der Waals surface area contributed by atoms with Crippen LogP contribution in [-0.4, -0.2) is 97.9 Å². The fourth-order valence-corrected chi connectivity index (χ4v) is 3.37. The molecule has 0 saturated carbocycles. The average molecular weight is 637 g/mol. The molecular weight excluding hydrogens is 571 g/mol. The number of carbonyl (C=O) groups excluding carboxylic acids is 3. The largest absolute Gasteiger partial charge is 0.426 e. The van der Waals surface area contributed by atoms with E-state index < -0.39 is 17.9 Å². The van der Waals surface area contributed by atoms with Crippen molar-refractivity contribution >= 4 is 18.4 Å². The summed E-state index contributed by atoms with van der Waals surface area (Å²) in [4.78, 5) is 39.4. The van der Waals surface area contributed by atoms with Crippen LogP contribution in [0, 0.1) is 0 Å². The van der Waals surface area contributed by atoms with Crippen LogP contribution in [0.1, 0.15) is 108 Å². The standard InChI is InChI=1S/C22H45FN4O4.C9H20N2O2/c1-17(23)11-15-30-22(5,6)16-19(28)25-13-9-8-10-18(2)26-20(29)31-27(7)14-12-21(3,4)24;1-8(2,11-7-12)6-13-9(3,4)5-10/h17-18H,8-16,24H2,1-7H3,(H,25,28)(H,26,29);7H,5-6,10H2,1-4H3,(H,11,12). The third-order valence-corrected chi connectivity index (χ3v) is 6.42. The van der Waals surface area contributed by atoms with Crippen molar-refractivity contribution in [3.63, 3.8) is 0 Å². The summed E-state index contributed by atoms with van der Waals surface area (Å²) < 4.78 is 24.0. The van der Waals surface area contributed by atoms with Gasteiger partial charge in [-0.25, -0.2) is 9.18 Å². The number of alkyl halides is 1. The molecule has 2 unspecified atom stereocenters. The van der Waals surface area contributed by atoms with Gasteiger partial charge in [-0.3, -0.25) is 9.59 Å². The van der Waals surface area contributed by atoms with Crippen LogP contribution in [0.3, 0.4) is 0 Å². The van der Waals surface area contributed by atoms with Crippen molar-refractivity contribution in [1.82, 2.24) is 21.0 Å². The predicted octanol–water partition coefficient (Wildman–Crippen LogP) is 3.56. The fraction of sp³-hybridized carbons (Fsp3) is 0.903. The van der Waals surface area contributed by atoms with Gasteiger partial charge in [-0.05, 0) is 94.9 Å². The normalized spacial score (nSPS) is 13.8. The van der Waals surface area contributed by atoms with Crippen molar-refractivity contribution in [3.8, 4) is 0 Å². The van der Waals surface area contributed by atoms with Gasteiger partial charge in [-0.2, -0.15) is 0 Å². The summed E-state index contributed by atoms with van der Waals surface area (Å²) in [5.41, 5.74) is 9.82. The lowest BCUT2D eigenvalue weighted by Gasteiger charge is -2.30. The Morgan fingerprint density at radius 1 is 0.977 bits per heavy atom. The molecule has 0 aliphatic heterocycles. The molecule has 13 heteroatoms. The van der Waals surface area contributed by atoms with E-state index in [9.17, 15) is 18.8 Å². The Bertz CT molecular complexity index is 805. The van der Waals surface area contributed by atoms with Gasteiger partial charge in [0.1, 0.15) is 0 Å². The quantitative estimate of drug-likeness (QED) is 0.0677. The van der Waals surface area contributed by atoms with Gasteiger partial charge in [0, 0.05) is 44.7 Å². The number of amides is 3. The second-order valence-corrected chi connectivity index (χ2v) is 14.1. The summed E-state index contributed by atoms with van der Waals surface area (Å²) in [6, 6.07) is -0.0345. The number of nitrogens with zero attached hydrogens (tertiary/aromatic N) is 1. The molecule has 0 saturated heterocycles. The van der Waals surface area contributed by atoms with Crippen LogP contribution in [0.15, 0.2) is 0 Å². The van der Waals surface area contributed by atoms with Gasteiger partial charge in [0.15, 0.2) is 0 Å². The van der Waals surface area contributed by atoms with E-state index in [-0.39, 0.29) is 35.0 Å². The van der Waals surface area contributed by atoms with Gasteiger partial charge in [0.2, 0.25) is 12.3 Å². The SMILES string of the molecule is CC(C)(COC(C)(C)CN)NC=O.CC(F)CCOC(C)(C)CC(=O)NCCCCC(C)NC(=O)ON(C)CCC(C)(C)N. The smallest absolute Gasteiger partial charge is 0.375 e. The number of carbonyl (C=O) groups is 3. The molecule has 0 aliphatic rings. The lowest BCUT2D eigenvalue weighted by molar-refractivity contribution is -0.127. The molecule has 0 heterocycles. The molecule has 2 atom stereocenters. The Hall–Kier alpha value is -2.06. The molecule has 3 amide bonds. The van der Waals surface area contributed by atoms with Gasteiger partial charge in [0.25, 0.3) is 0 Å². The number of nitrogens with two attached hydrogens (primary N) is 2. The first-order valence-electron chi connectivity index (χ1n) is 15.6. The lowest BCUT2D eigenvalue weighted by Crippen LogP contribution is -2.46. The maximum Gasteiger partial charge on any atom is 0.426 e. The van der Waals surface area contributed by atoms with Crippen LogP contribution in [0.2, 0.25) is 0 Å². The third-order valence-electron chi connectivity index (χ3n) is 6.42. The van der Waals surface area contributed by atoms with Crippen LogP contribution >= 0.6 is 0 Å². The molecule has 0 fully saturated rings. The lowest BCUT2D eigenvalue weighted by atomic mass is 10.0. The highest BCUT2D eigenvalue weighted by Gasteiger charge is 2.24. The summed E-state index contributed by atoms with van der Waals surface area (Å²) in [5.74, 6) is -0.0863. The van der Waals surface area contributed by atoms with E-state index in [1.807, 2.05) is 62.3 Å². The van der Waals surface area contributed by atoms with Gasteiger partial charge in [0.05, 0.1) is 42.5 Å². The average Bonchev–Trinajstić information content (AvgIpc) is 2.85. The second-order valence-electron chi connectivity index (χ2n) is 14.1. The van der Waals surface area contributed by atoms with E-state index in [4.69, 9.17) is 25.8 Å². The molecule has 12 nitrogen and oxygen atoms in total. The molecule has 0 rings (SSSR count). The molecule has 0 aromatic heterocycles. The van der Waals surface area contributed by atoms with Crippen molar-refractivity contribution in [1.29, 1.82) is 0 Å². The molecule has 262 valence electrons. The number of halogens is 1. The molecule has 0 aromatic carbocycles. The van der Waals surface area contributed by atoms with Crippen molar-refractivity contribution in [2.24, 2.45) is 11.5 Å². The third kappa shape index (κ3) is 28.7. The Kier molecular flexibility index (Phi) is 21.7. The van der Waals surface area contributed by atoms with Crippen LogP contribution in [0.5, 0.6) is 0 Å². The monoisotopic (exact) mass is 636 g/mol. The molecule has 44 heavy (non-hydrogen) atoms. The van der Waals surface area contributed by atoms with E-state index in [1.165, 1.54) is 12.0 Å². The molecule has 0 bridgehead atoms. The summed E-state index contributed by atoms with van der Waals surface area (Å²) in [7, 11) is 1.70. The maximum absolute atomic E-state index is 12.8. The van der Waals surface area contributed by atoms with E-state index in [2.05, 4.69) is 16.0 Å². The highest BCUT2D eigenvalue weighted by Crippen LogP contribution is 2.16. The van der Waals surface area contributed by atoms with Crippen molar-refractivity contribution < 1.29 is 33.1 Å². The van der Waals surface area contributed by atoms with Crippen LogP contribution in [0.4, 0.5) is 9.18 Å². The van der Waals surface area contributed by atoms with Crippen molar-refractivity contribution in [2.75, 3.05) is 39.9 Å². The number of ether oxygens (including phenoxy) is 2. The fourth-order valence-electron chi connectivity index (χ4n) is 3.37. The first kappa shape index (κ1) is 44.1. The van der Waals surface area contributed by atoms with E-state index in [0.29, 0.717) is 52.1 Å². The Morgan fingerprint density at radius 2 is 1.59 bits per heavy atom. The number of unbranched alkanes of at least 4 members (excludes halogenated alkanes) is 1. The molecule has 0 aromatic rings. The zero-order chi connectivity index (χ0) is 34.6. The highest BCUT2D eigenvalue weighted by atomic mass is 19.1. The number of rotatable bonds is 22. The topological polar surface area (TPSA) is 170 Å². The van der Waals surface area contributed by atoms with Crippen molar-refractivity contribution in [2.45, 2.75) is 142 Å². The molecule has 0 spiro atoms. The molecule has 7 N–H and O–H groups in total. The first-order valence-corrected chi connectivity index (χ1v) is 15.6. The van der Waals surface area contributed by atoms with Gasteiger partial charge >= 0.3 is 6.09 Å². The summed E-state index contributed by atoms with van der Waals surface area (Å²) in [6.07, 6.45) is 2.98. The second kappa shape index (κ2) is 21.6. The highest BCUT2D eigenvalue weighted by molar-refractivity contribution is 5.76. The van der Waals surface area contributed by atoms with Gasteiger partial charge in [-0.15, -0.1) is 5.06 Å². The summed E-state index contributed by atoms with van der Waals surface area (Å²) in [6.45, 7) is 20.9. The minimum atomic E-state index is -0.909. The summed E-state index contributed by atoms with van der Waals surface area (Å²) >= 11 is 0. The number of hydrogen-bond donors (Lipinski definition) is 5. The van der Waals surface area contributed by atoms with E-state index >= 15 is 0 Å². The van der Waals surface area contributed by atoms with Crippen molar-refractivity contribution in [3.05, 3.63) is 0 Å². The Morgan fingerprint density at radius 3 is 2.11 bits per heavy atom. The predicted molar refractivity (Wildman–Crippen MR) is 174 cm³/mol. The molecule has 0 aliphatic carbocycles. The van der Waals surface area contributed by atoms with Gasteiger partial charge < -0.3 is 41.7 Å². The van der Waals surface area contributed by atoms with E-state index in [1.54, 1.807) is 7.05 Å². The maximum atomic E-state index is 12.8. The molecular formula is C31H65FN6O6. The molecule has 0 radical (unpaired) electrons.